The van der Waals surface area contributed by atoms with Gasteiger partial charge in [-0.05, 0) is 193 Å². The fourth-order valence-corrected chi connectivity index (χ4v) is 19.5. The van der Waals surface area contributed by atoms with E-state index in [-0.39, 0.29) is 111 Å². The van der Waals surface area contributed by atoms with Crippen molar-refractivity contribution in [1.29, 1.82) is 0 Å². The molecule has 6 heterocycles. The smallest absolute Gasteiger partial charge is 0.298 e. The Morgan fingerprint density at radius 1 is 0.348 bits per heavy atom. The number of allylic oxidation sites excluding steroid dienone is 1. The number of aromatic nitrogens is 5. The van der Waals surface area contributed by atoms with E-state index in [1.807, 2.05) is 107 Å². The Hall–Kier alpha value is -13.2. The summed E-state index contributed by atoms with van der Waals surface area (Å²) in [5.41, 5.74) is 9.78. The average molecular weight is 2190 g/mol. The summed E-state index contributed by atoms with van der Waals surface area (Å²) in [6.07, 6.45) is 50.6. The van der Waals surface area contributed by atoms with Crippen LogP contribution in [0.2, 0.25) is 0 Å². The van der Waals surface area contributed by atoms with E-state index in [0.29, 0.717) is 0 Å². The molecule has 0 bridgehead atoms. The molecule has 1 aliphatic heterocycles. The molecule has 12 rings (SSSR count). The van der Waals surface area contributed by atoms with E-state index in [2.05, 4.69) is 386 Å². The van der Waals surface area contributed by atoms with E-state index in [9.17, 15) is 0 Å². The maximum Gasteiger partial charge on any atom is 0.298 e. The van der Waals surface area contributed by atoms with Crippen LogP contribution in [0.25, 0.3) is 57.2 Å². The van der Waals surface area contributed by atoms with Crippen LogP contribution < -0.4 is 66.6 Å². The fourth-order valence-electron chi connectivity index (χ4n) is 13.2. The first-order chi connectivity index (χ1) is 65.8. The Bertz CT molecular complexity index is 7470. The van der Waals surface area contributed by atoms with Crippen molar-refractivity contribution in [1.82, 2.24) is 9.97 Å². The van der Waals surface area contributed by atoms with Gasteiger partial charge in [0.05, 0.1) is 37.3 Å². The number of rotatable bonds is 29. The Morgan fingerprint density at radius 3 is 1.11 bits per heavy atom. The summed E-state index contributed by atoms with van der Waals surface area (Å²) in [4.78, 5) is 11.3. The Morgan fingerprint density at radius 2 is 0.689 bits per heavy atom. The molecule has 15 heteroatoms. The molecule has 6 aromatic carbocycles. The molecular weight excluding hydrogens is 2000 g/mol. The Labute approximate surface area is 932 Å². The topological polar surface area (TPSA) is 40.7 Å². The van der Waals surface area contributed by atoms with Gasteiger partial charge in [-0.15, -0.1) is 35.5 Å². The molecular formula is C120H187I2N6S7+. The van der Waals surface area contributed by atoms with E-state index in [1.54, 1.807) is 57.1 Å². The van der Waals surface area contributed by atoms with Crippen molar-refractivity contribution in [3.63, 3.8) is 0 Å². The predicted octanol–water partition coefficient (Wildman–Crippen LogP) is 28.8. The summed E-state index contributed by atoms with van der Waals surface area (Å²) in [5.74, 6) is 102. The molecule has 135 heavy (non-hydrogen) atoms. The minimum absolute atomic E-state index is 0. The normalized spacial score (nSPS) is 9.48. The zero-order valence-corrected chi connectivity index (χ0v) is 87.0. The highest BCUT2D eigenvalue weighted by Crippen LogP contribution is 2.37. The number of unbranched alkanes of at least 4 members (excludes halogenated alkanes) is 22. The van der Waals surface area contributed by atoms with Crippen LogP contribution in [0.4, 0.5) is 5.69 Å². The van der Waals surface area contributed by atoms with Gasteiger partial charge in [0.15, 0.2) is 10.9 Å². The molecule has 0 spiro atoms. The lowest BCUT2D eigenvalue weighted by Gasteiger charge is -2.21. The van der Waals surface area contributed by atoms with Crippen LogP contribution in [0, 0.1) is 276 Å². The second kappa shape index (κ2) is 71.4. The van der Waals surface area contributed by atoms with E-state index >= 15 is 0 Å². The van der Waals surface area contributed by atoms with Gasteiger partial charge in [-0.2, -0.15) is 4.57 Å². The van der Waals surface area contributed by atoms with Gasteiger partial charge in [0.2, 0.25) is 28.6 Å². The van der Waals surface area contributed by atoms with Gasteiger partial charge in [-0.1, -0.05) is 282 Å². The van der Waals surface area contributed by atoms with Crippen LogP contribution in [0.15, 0.2) is 160 Å². The number of halogens is 2. The number of anilines is 1. The highest BCUT2D eigenvalue weighted by Gasteiger charge is 2.27. The number of terminal acetylenes is 2. The van der Waals surface area contributed by atoms with Crippen LogP contribution in [0.5, 0.6) is 0 Å². The van der Waals surface area contributed by atoms with Crippen molar-refractivity contribution in [2.45, 2.75) is 203 Å². The van der Waals surface area contributed by atoms with E-state index in [4.69, 9.17) is 12.8 Å². The number of para-hydroxylation sites is 6. The molecule has 0 atom stereocenters. The highest BCUT2D eigenvalue weighted by molar-refractivity contribution is 8.00. The number of thioether (sulfide) groups is 2. The SMILES string of the molecule is C#CC#CC#CC#CC#CC#CC#CC#CC#CC#CC#C[n+]1c(/C=C2\Cc3ccccc3N2CCCCCCCCCCCCCC)sc2ccccc21.C#CC#CC#CC#CC#CC#CC#CC#CC#CC#CC#C[n+]1c(C)sc2ccccc21.CCCCCCCCCCCCCC[n+]1c(SC)sc2ccccc21.CSc1nc2ccccc2s1.Cc1nc2ccccc2s1.[HH].[HH].[HH].[HH].[HH].[HH].[HH].[HH].[HH].[HH].[HH].[HH].[HH].[HH].[HH].[HH].[HH].[HH].[HH].[HH].[HH].[HH].[HH].[HH].[HH].[HH].[HH].[HH].[HH].[HH].[HH].[HH].[HH].[HH].[HH].[HH].[HH].[HH].[HH].[HH].[HH].[HH].[HH].[HH].[I-].[I-]. The number of thiazole rings is 5. The van der Waals surface area contributed by atoms with Gasteiger partial charge >= 0.3 is 0 Å². The molecule has 752 valence electrons. The number of benzene rings is 6. The van der Waals surface area contributed by atoms with Crippen molar-refractivity contribution in [3.8, 4) is 262 Å². The molecule has 11 aromatic rings. The van der Waals surface area contributed by atoms with E-state index < -0.39 is 0 Å². The number of fused-ring (bicyclic) bond motifs is 6. The first-order valence-electron chi connectivity index (χ1n) is 44.3. The van der Waals surface area contributed by atoms with Gasteiger partial charge in [0.1, 0.15) is 14.1 Å². The van der Waals surface area contributed by atoms with E-state index in [1.165, 1.54) is 211 Å². The van der Waals surface area contributed by atoms with Crippen molar-refractivity contribution >= 4 is 143 Å². The van der Waals surface area contributed by atoms with Crippen LogP contribution in [0.3, 0.4) is 0 Å². The van der Waals surface area contributed by atoms with Gasteiger partial charge in [-0.3, -0.25) is 0 Å². The zero-order valence-electron chi connectivity index (χ0n) is 77.0. The minimum atomic E-state index is 0. The van der Waals surface area contributed by atoms with Gasteiger partial charge < -0.3 is 52.9 Å². The standard InChI is InChI=1S/C52H41N2S.C30H8NS.C22H36NS2.C8H7NS2.C8H7NS.2HI.44H2/c1-3-5-7-9-11-13-15-17-18-19-20-21-22-23-24-26-28-30-32-38-44-54-50-41-35-36-42-51(50)55-52(54)46-48-45-47-39-33-34-40-49(47)53(48)43-37-31-29-27-25-16-14-12-10-8-6-4-2;1-3-4-5-6-7-8-9-10-11-12-13-14-15-16-17-18-19-20-21-24-27-31-28(2)32-30-26-23-22-25-29(30)31;1-3-4-5-6-7-8-9-10-11-12-13-16-19-23-20-17-14-15-18-21(20)25-22(23)24-2;1-10-8-9-6-4-2-3-5-7(6)11-8;1-6-9-7-4-2-3-5-8(7)10-6;;;;;;;;;;;;;;;;;;;;;;;;;;;;;;;;;;;;;;;;;;;;;;/h1,33-36,39-42,46H,4,6,8,10,12,14,16,25,27,29,31,37,43,45H2,2H3;1,22-23,25-26H,2H3;14-15,17-18H,3-13,16,19H2,1-2H3;2-5H,1H3;2-5H,1H3;46*1H/q3*+1;;;;;;;;;;;;;;;;;;;;;;;;;;;;;;;;;;;;;;;;;;;;;;;;/p-2. The van der Waals surface area contributed by atoms with Crippen molar-refractivity contribution in [3.05, 3.63) is 172 Å². The fraction of sp³-hybridized carbons (Fsp3) is 0.275. The summed E-state index contributed by atoms with van der Waals surface area (Å²) in [7, 11) is 0. The first kappa shape index (κ1) is 111. The summed E-state index contributed by atoms with van der Waals surface area (Å²) < 4.78 is 15.4. The monoisotopic (exact) mass is 2190 g/mol. The molecule has 0 aliphatic carbocycles. The third-order valence-corrected chi connectivity index (χ3v) is 26.7. The van der Waals surface area contributed by atoms with Crippen LogP contribution >= 0.6 is 80.2 Å². The van der Waals surface area contributed by atoms with Gasteiger partial charge in [0, 0.05) is 255 Å². The number of aryl methyl sites for hydroxylation is 3. The second-order valence-electron chi connectivity index (χ2n) is 28.8. The molecule has 0 amide bonds. The molecule has 0 saturated carbocycles. The largest absolute Gasteiger partial charge is 1.00 e. The number of nitrogens with zero attached hydrogens (tertiary/aromatic N) is 6. The third kappa shape index (κ3) is 44.0. The molecule has 6 nitrogen and oxygen atoms in total. The first-order valence-corrected chi connectivity index (χ1v) is 50.8. The predicted molar refractivity (Wildman–Crippen MR) is 663 cm³/mol. The van der Waals surface area contributed by atoms with Gasteiger partial charge in [-0.25, -0.2) is 9.97 Å². The third-order valence-electron chi connectivity index (χ3n) is 19.3. The summed E-state index contributed by atoms with van der Waals surface area (Å²) >= 11 is 12.4. The number of hydrogen-bond donors (Lipinski definition) is 0. The average Bonchev–Trinajstić information content (AvgIpc) is 1.63. The summed E-state index contributed by atoms with van der Waals surface area (Å²) in [6.45, 7) is 10.8. The lowest BCUT2D eigenvalue weighted by molar-refractivity contribution is -0.702. The van der Waals surface area contributed by atoms with Gasteiger partial charge in [0.25, 0.3) is 14.4 Å². The Balaban J connectivity index is -0.0000000377. The quantitative estimate of drug-likeness (QED) is 0.0154. The van der Waals surface area contributed by atoms with Crippen molar-refractivity contribution in [2.24, 2.45) is 0 Å². The van der Waals surface area contributed by atoms with E-state index in [0.717, 1.165) is 54.4 Å². The number of hydrogen-bond acceptors (Lipinski definition) is 10. The summed E-state index contributed by atoms with van der Waals surface area (Å²) in [5, 5.41) is 3.31. The zero-order chi connectivity index (χ0) is 93.5. The van der Waals surface area contributed by atoms with Crippen molar-refractivity contribution in [2.75, 3.05) is 24.0 Å². The maximum atomic E-state index is 4.99. The van der Waals surface area contributed by atoms with Crippen LogP contribution in [0.1, 0.15) is 251 Å². The van der Waals surface area contributed by atoms with Crippen molar-refractivity contribution < 1.29 is 124 Å². The Kier molecular flexibility index (Phi) is 58.5. The molecule has 0 radical (unpaired) electrons. The lowest BCUT2D eigenvalue weighted by atomic mass is 10.1. The second-order valence-corrected chi connectivity index (χ2v) is 36.5. The maximum absolute atomic E-state index is 4.99. The highest BCUT2D eigenvalue weighted by atomic mass is 127. The molecule has 0 N–H and O–H groups in total. The lowest BCUT2D eigenvalue weighted by Crippen LogP contribution is -3.00. The van der Waals surface area contributed by atoms with Crippen LogP contribution in [-0.2, 0) is 13.0 Å². The molecule has 0 unspecified atom stereocenters. The molecule has 0 fully saturated rings. The molecule has 5 aromatic heterocycles. The molecule has 0 saturated heterocycles. The van der Waals surface area contributed by atoms with Crippen LogP contribution in [-0.4, -0.2) is 29.0 Å². The summed E-state index contributed by atoms with van der Waals surface area (Å²) in [6, 6.07) is 56.7. The molecule has 1 aliphatic rings. The minimum Gasteiger partial charge on any atom is -1.00 e.